The van der Waals surface area contributed by atoms with Gasteiger partial charge in [0.05, 0.1) is 5.56 Å². The Morgan fingerprint density at radius 1 is 1.27 bits per heavy atom. The van der Waals surface area contributed by atoms with Gasteiger partial charge in [0.25, 0.3) is 0 Å². The van der Waals surface area contributed by atoms with Gasteiger partial charge in [0, 0.05) is 24.0 Å². The minimum atomic E-state index is -0.957. The zero-order valence-electron chi connectivity index (χ0n) is 12.9. The minimum Gasteiger partial charge on any atom is -0.478 e. The summed E-state index contributed by atoms with van der Waals surface area (Å²) in [6, 6.07) is 8.42. The number of nitrogens with one attached hydrogen (secondary N) is 2. The smallest absolute Gasteiger partial charge is 0.335 e. The van der Waals surface area contributed by atoms with Crippen molar-refractivity contribution in [3.8, 4) is 0 Å². The van der Waals surface area contributed by atoms with Crippen molar-refractivity contribution in [2.45, 2.75) is 20.8 Å². The largest absolute Gasteiger partial charge is 0.478 e. The molecule has 2 rings (SSSR count). The molecule has 0 saturated carbocycles. The highest BCUT2D eigenvalue weighted by Gasteiger charge is 2.06. The normalized spacial score (nSPS) is 10.5. The van der Waals surface area contributed by atoms with Crippen LogP contribution in [0.4, 0.5) is 17.5 Å². The number of nitrogens with zero attached hydrogens (tertiary/aromatic N) is 2. The van der Waals surface area contributed by atoms with Crippen LogP contribution in [-0.2, 0) is 0 Å². The van der Waals surface area contributed by atoms with E-state index in [1.54, 1.807) is 24.3 Å². The number of anilines is 3. The van der Waals surface area contributed by atoms with Crippen LogP contribution in [-0.4, -0.2) is 27.6 Å². The maximum Gasteiger partial charge on any atom is 0.335 e. The average molecular weight is 300 g/mol. The second-order valence-electron chi connectivity index (χ2n) is 5.50. The van der Waals surface area contributed by atoms with E-state index in [0.717, 1.165) is 12.2 Å². The van der Waals surface area contributed by atoms with Crippen LogP contribution >= 0.6 is 0 Å². The average Bonchev–Trinajstić information content (AvgIpc) is 2.45. The first-order chi connectivity index (χ1) is 10.4. The summed E-state index contributed by atoms with van der Waals surface area (Å²) in [5.41, 5.74) is 1.74. The first-order valence-corrected chi connectivity index (χ1v) is 7.14. The zero-order valence-corrected chi connectivity index (χ0v) is 12.9. The van der Waals surface area contributed by atoms with Crippen molar-refractivity contribution < 1.29 is 9.90 Å². The van der Waals surface area contributed by atoms with Crippen molar-refractivity contribution >= 4 is 23.4 Å². The molecule has 1 heterocycles. The molecular weight excluding hydrogens is 280 g/mol. The van der Waals surface area contributed by atoms with Gasteiger partial charge in [0.2, 0.25) is 5.95 Å². The van der Waals surface area contributed by atoms with Gasteiger partial charge < -0.3 is 15.7 Å². The maximum absolute atomic E-state index is 11.0. The van der Waals surface area contributed by atoms with Gasteiger partial charge in [0.15, 0.2) is 0 Å². The van der Waals surface area contributed by atoms with E-state index in [1.807, 2.05) is 13.0 Å². The van der Waals surface area contributed by atoms with Gasteiger partial charge in [-0.3, -0.25) is 0 Å². The van der Waals surface area contributed by atoms with Crippen LogP contribution in [0.2, 0.25) is 0 Å². The van der Waals surface area contributed by atoms with Crippen LogP contribution in [0.1, 0.15) is 29.9 Å². The van der Waals surface area contributed by atoms with Gasteiger partial charge >= 0.3 is 5.97 Å². The molecule has 1 aromatic carbocycles. The molecule has 0 amide bonds. The van der Waals surface area contributed by atoms with Gasteiger partial charge in [-0.2, -0.15) is 4.98 Å². The molecule has 1 aromatic heterocycles. The van der Waals surface area contributed by atoms with E-state index < -0.39 is 5.97 Å². The molecule has 116 valence electrons. The van der Waals surface area contributed by atoms with Gasteiger partial charge in [-0.05, 0) is 31.0 Å². The molecular formula is C16H20N4O2. The molecule has 0 aliphatic carbocycles. The lowest BCUT2D eigenvalue weighted by molar-refractivity contribution is 0.0697. The third-order valence-electron chi connectivity index (χ3n) is 2.90. The Bertz CT molecular complexity index is 671. The van der Waals surface area contributed by atoms with Crippen molar-refractivity contribution in [3.05, 3.63) is 41.6 Å². The summed E-state index contributed by atoms with van der Waals surface area (Å²) in [6.07, 6.45) is 0. The highest BCUT2D eigenvalue weighted by molar-refractivity contribution is 5.89. The van der Waals surface area contributed by atoms with Gasteiger partial charge in [-0.15, -0.1) is 0 Å². The van der Waals surface area contributed by atoms with Crippen LogP contribution in [0.15, 0.2) is 30.3 Å². The predicted octanol–water partition coefficient (Wildman–Crippen LogP) is 3.29. The number of aromatic nitrogens is 2. The number of benzene rings is 1. The Hall–Kier alpha value is -2.63. The van der Waals surface area contributed by atoms with Crippen molar-refractivity contribution in [3.63, 3.8) is 0 Å². The third-order valence-corrected chi connectivity index (χ3v) is 2.90. The number of hydrogen-bond donors (Lipinski definition) is 3. The van der Waals surface area contributed by atoms with E-state index in [2.05, 4.69) is 34.4 Å². The summed E-state index contributed by atoms with van der Waals surface area (Å²) < 4.78 is 0. The number of aromatic carboxylic acids is 1. The summed E-state index contributed by atoms with van der Waals surface area (Å²) in [4.78, 5) is 19.7. The molecule has 0 bridgehead atoms. The minimum absolute atomic E-state index is 0.230. The van der Waals surface area contributed by atoms with E-state index in [4.69, 9.17) is 5.11 Å². The Kier molecular flexibility index (Phi) is 4.93. The van der Waals surface area contributed by atoms with Gasteiger partial charge in [-0.25, -0.2) is 9.78 Å². The summed E-state index contributed by atoms with van der Waals surface area (Å²) in [5.74, 6) is 0.724. The second-order valence-corrected chi connectivity index (χ2v) is 5.50. The lowest BCUT2D eigenvalue weighted by Gasteiger charge is -2.11. The summed E-state index contributed by atoms with van der Waals surface area (Å²) >= 11 is 0. The molecule has 3 N–H and O–H groups in total. The molecule has 0 radical (unpaired) electrons. The van der Waals surface area contributed by atoms with Crippen LogP contribution in [0.3, 0.4) is 0 Å². The van der Waals surface area contributed by atoms with E-state index in [-0.39, 0.29) is 5.56 Å². The fraction of sp³-hybridized carbons (Fsp3) is 0.312. The Balaban J connectivity index is 2.18. The first kappa shape index (κ1) is 15.8. The first-order valence-electron chi connectivity index (χ1n) is 7.14. The second kappa shape index (κ2) is 6.89. The summed E-state index contributed by atoms with van der Waals surface area (Å²) in [5, 5.41) is 15.3. The highest BCUT2D eigenvalue weighted by atomic mass is 16.4. The maximum atomic E-state index is 11.0. The lowest BCUT2D eigenvalue weighted by atomic mass is 10.2. The number of hydrogen-bond acceptors (Lipinski definition) is 5. The zero-order chi connectivity index (χ0) is 16.1. The Labute approximate surface area is 129 Å². The van der Waals surface area contributed by atoms with Crippen LogP contribution in [0.5, 0.6) is 0 Å². The van der Waals surface area contributed by atoms with Crippen LogP contribution in [0, 0.1) is 12.8 Å². The molecule has 0 aliphatic heterocycles. The highest BCUT2D eigenvalue weighted by Crippen LogP contribution is 2.18. The fourth-order valence-electron chi connectivity index (χ4n) is 1.88. The van der Waals surface area contributed by atoms with Crippen molar-refractivity contribution in [1.82, 2.24) is 9.97 Å². The quantitative estimate of drug-likeness (QED) is 0.758. The molecule has 6 heteroatoms. The molecule has 22 heavy (non-hydrogen) atoms. The lowest BCUT2D eigenvalue weighted by Crippen LogP contribution is -2.11. The molecule has 6 nitrogen and oxygen atoms in total. The number of carboxylic acid groups (broad SMARTS) is 1. The molecule has 0 saturated heterocycles. The number of rotatable bonds is 6. The number of aryl methyl sites for hydroxylation is 1. The summed E-state index contributed by atoms with van der Waals surface area (Å²) in [6.45, 7) is 6.90. The van der Waals surface area contributed by atoms with E-state index >= 15 is 0 Å². The van der Waals surface area contributed by atoms with Crippen molar-refractivity contribution in [2.24, 2.45) is 5.92 Å². The van der Waals surface area contributed by atoms with E-state index in [9.17, 15) is 4.79 Å². The number of carbonyl (C=O) groups is 1. The van der Waals surface area contributed by atoms with Crippen LogP contribution < -0.4 is 10.6 Å². The molecule has 0 aliphatic rings. The standard InChI is InChI=1S/C16H20N4O2/c1-10(2)9-17-16-18-11(3)7-14(20-16)19-13-6-4-5-12(8-13)15(21)22/h4-8,10H,9H2,1-3H3,(H,21,22)(H2,17,18,19,20). The van der Waals surface area contributed by atoms with Crippen molar-refractivity contribution in [1.29, 1.82) is 0 Å². The van der Waals surface area contributed by atoms with Gasteiger partial charge in [-0.1, -0.05) is 19.9 Å². The Morgan fingerprint density at radius 3 is 2.73 bits per heavy atom. The van der Waals surface area contributed by atoms with E-state index in [1.165, 1.54) is 0 Å². The predicted molar refractivity (Wildman–Crippen MR) is 86.8 cm³/mol. The molecule has 2 aromatic rings. The number of carboxylic acids is 1. The van der Waals surface area contributed by atoms with E-state index in [0.29, 0.717) is 23.4 Å². The Morgan fingerprint density at radius 2 is 2.05 bits per heavy atom. The molecule has 0 atom stereocenters. The third kappa shape index (κ3) is 4.44. The SMILES string of the molecule is Cc1cc(Nc2cccc(C(=O)O)c2)nc(NCC(C)C)n1. The molecule has 0 spiro atoms. The fourth-order valence-corrected chi connectivity index (χ4v) is 1.88. The van der Waals surface area contributed by atoms with Crippen molar-refractivity contribution in [2.75, 3.05) is 17.2 Å². The van der Waals surface area contributed by atoms with Crippen LogP contribution in [0.25, 0.3) is 0 Å². The topological polar surface area (TPSA) is 87.1 Å². The summed E-state index contributed by atoms with van der Waals surface area (Å²) in [7, 11) is 0. The molecule has 0 fully saturated rings. The monoisotopic (exact) mass is 300 g/mol. The molecule has 0 unspecified atom stereocenters. The van der Waals surface area contributed by atoms with Gasteiger partial charge in [0.1, 0.15) is 5.82 Å².